The molecule has 0 atom stereocenters. The Labute approximate surface area is 122 Å². The van der Waals surface area contributed by atoms with Crippen molar-refractivity contribution in [3.05, 3.63) is 65.9 Å². The fraction of sp³-hybridized carbons (Fsp3) is 0.105. The predicted octanol–water partition coefficient (Wildman–Crippen LogP) is 4.60. The van der Waals surface area contributed by atoms with E-state index in [0.29, 0.717) is 0 Å². The largest absolute Gasteiger partial charge is 0.295 e. The van der Waals surface area contributed by atoms with Crippen LogP contribution in [0.3, 0.4) is 0 Å². The Kier molecular flexibility index (Phi) is 2.09. The van der Waals surface area contributed by atoms with E-state index in [0.717, 1.165) is 24.0 Å². The number of aryl methyl sites for hydroxylation is 1. The lowest BCUT2D eigenvalue weighted by molar-refractivity contribution is 0.912. The number of allylic oxidation sites excluding steroid dienone is 1. The molecule has 2 heterocycles. The molecule has 0 N–H and O–H groups in total. The highest BCUT2D eigenvalue weighted by Crippen LogP contribution is 2.33. The minimum Gasteiger partial charge on any atom is -0.295 e. The van der Waals surface area contributed by atoms with Crippen molar-refractivity contribution in [1.29, 1.82) is 0 Å². The third-order valence-corrected chi connectivity index (χ3v) is 4.43. The van der Waals surface area contributed by atoms with E-state index < -0.39 is 0 Å². The van der Waals surface area contributed by atoms with Crippen LogP contribution in [0, 0.1) is 0 Å². The lowest BCUT2D eigenvalue weighted by Crippen LogP contribution is -2.04. The molecule has 1 aliphatic rings. The minimum atomic E-state index is 1.07. The molecule has 2 aromatic carbocycles. The Hall–Kier alpha value is -2.61. The number of imidazole rings is 1. The lowest BCUT2D eigenvalue weighted by Gasteiger charge is -2.16. The zero-order valence-corrected chi connectivity index (χ0v) is 11.6. The number of nitrogens with zero attached hydrogens (tertiary/aromatic N) is 2. The van der Waals surface area contributed by atoms with Crippen molar-refractivity contribution in [3.63, 3.8) is 0 Å². The van der Waals surface area contributed by atoms with Crippen molar-refractivity contribution in [2.45, 2.75) is 12.8 Å². The average Bonchev–Trinajstić information content (AvgIpc) is 2.95. The van der Waals surface area contributed by atoms with Crippen LogP contribution < -0.4 is 0 Å². The van der Waals surface area contributed by atoms with E-state index in [1.807, 2.05) is 0 Å². The molecule has 2 aromatic heterocycles. The van der Waals surface area contributed by atoms with Gasteiger partial charge in [-0.25, -0.2) is 4.98 Å². The van der Waals surface area contributed by atoms with Crippen molar-refractivity contribution in [2.75, 3.05) is 0 Å². The summed E-state index contributed by atoms with van der Waals surface area (Å²) >= 11 is 0. The van der Waals surface area contributed by atoms with Gasteiger partial charge in [-0.2, -0.15) is 0 Å². The van der Waals surface area contributed by atoms with Gasteiger partial charge in [-0.1, -0.05) is 48.6 Å². The Morgan fingerprint density at radius 3 is 2.67 bits per heavy atom. The van der Waals surface area contributed by atoms with Gasteiger partial charge in [0.25, 0.3) is 0 Å². The van der Waals surface area contributed by atoms with Crippen molar-refractivity contribution in [1.82, 2.24) is 9.38 Å². The average molecular weight is 270 g/mol. The fourth-order valence-corrected chi connectivity index (χ4v) is 3.52. The summed E-state index contributed by atoms with van der Waals surface area (Å²) < 4.78 is 2.36. The third-order valence-electron chi connectivity index (χ3n) is 4.43. The predicted molar refractivity (Wildman–Crippen MR) is 87.6 cm³/mol. The van der Waals surface area contributed by atoms with Crippen LogP contribution in [-0.4, -0.2) is 9.38 Å². The molecule has 0 bridgehead atoms. The summed E-state index contributed by atoms with van der Waals surface area (Å²) in [6, 6.07) is 17.0. The number of hydrogen-bond donors (Lipinski definition) is 0. The summed E-state index contributed by atoms with van der Waals surface area (Å²) in [4.78, 5) is 4.89. The third kappa shape index (κ3) is 1.39. The molecule has 5 rings (SSSR count). The number of hydrogen-bond acceptors (Lipinski definition) is 1. The van der Waals surface area contributed by atoms with Crippen LogP contribution in [0.1, 0.15) is 17.7 Å². The Bertz CT molecular complexity index is 1040. The van der Waals surface area contributed by atoms with E-state index in [4.69, 9.17) is 4.98 Å². The summed E-state index contributed by atoms with van der Waals surface area (Å²) in [6.07, 6.45) is 6.73. The monoisotopic (exact) mass is 270 g/mol. The van der Waals surface area contributed by atoms with Crippen molar-refractivity contribution in [2.24, 2.45) is 0 Å². The second-order valence-corrected chi connectivity index (χ2v) is 5.61. The molecule has 0 amide bonds. The quantitative estimate of drug-likeness (QED) is 0.456. The first-order valence-electron chi connectivity index (χ1n) is 7.41. The number of para-hydroxylation sites is 2. The van der Waals surface area contributed by atoms with Crippen LogP contribution >= 0.6 is 0 Å². The SMILES string of the molecule is C1=Cc2c(n3c4ccccc4nc3c3ccccc23)CC1. The number of fused-ring (bicyclic) bond motifs is 8. The van der Waals surface area contributed by atoms with E-state index in [1.54, 1.807) is 0 Å². The molecule has 0 radical (unpaired) electrons. The van der Waals surface area contributed by atoms with E-state index in [-0.39, 0.29) is 0 Å². The molecule has 0 spiro atoms. The van der Waals surface area contributed by atoms with Gasteiger partial charge in [0.2, 0.25) is 0 Å². The molecule has 0 unspecified atom stereocenters. The summed E-state index contributed by atoms with van der Waals surface area (Å²) in [5, 5.41) is 2.55. The first-order chi connectivity index (χ1) is 10.4. The zero-order valence-electron chi connectivity index (χ0n) is 11.6. The standard InChI is InChI=1S/C19H14N2/c1-2-9-15-13(7-1)14-8-3-5-11-17(14)21-18-12-6-4-10-16(18)20-19(15)21/h1-4,6-10,12H,5,11H2. The van der Waals surface area contributed by atoms with E-state index >= 15 is 0 Å². The molecule has 0 saturated carbocycles. The highest BCUT2D eigenvalue weighted by atomic mass is 15.0. The smallest absolute Gasteiger partial charge is 0.146 e. The maximum atomic E-state index is 4.89. The Morgan fingerprint density at radius 1 is 0.905 bits per heavy atom. The fourth-order valence-electron chi connectivity index (χ4n) is 3.52. The lowest BCUT2D eigenvalue weighted by atomic mass is 9.96. The molecule has 0 fully saturated rings. The van der Waals surface area contributed by atoms with Crippen LogP contribution in [-0.2, 0) is 6.42 Å². The summed E-state index contributed by atoms with van der Waals surface area (Å²) in [5.74, 6) is 0. The number of rotatable bonds is 0. The van der Waals surface area contributed by atoms with E-state index in [2.05, 4.69) is 65.1 Å². The van der Waals surface area contributed by atoms with Crippen LogP contribution in [0.4, 0.5) is 0 Å². The van der Waals surface area contributed by atoms with Gasteiger partial charge in [0.15, 0.2) is 0 Å². The van der Waals surface area contributed by atoms with Crippen molar-refractivity contribution < 1.29 is 0 Å². The second-order valence-electron chi connectivity index (χ2n) is 5.61. The van der Waals surface area contributed by atoms with E-state index in [1.165, 1.54) is 27.5 Å². The van der Waals surface area contributed by atoms with Crippen LogP contribution in [0.15, 0.2) is 54.6 Å². The maximum Gasteiger partial charge on any atom is 0.146 e. The summed E-state index contributed by atoms with van der Waals surface area (Å²) in [7, 11) is 0. The Morgan fingerprint density at radius 2 is 1.71 bits per heavy atom. The molecule has 1 aliphatic carbocycles. The first kappa shape index (κ1) is 11.1. The normalized spacial score (nSPS) is 14.1. The zero-order chi connectivity index (χ0) is 13.8. The molecule has 0 aliphatic heterocycles. The van der Waals surface area contributed by atoms with Crippen molar-refractivity contribution in [3.8, 4) is 0 Å². The van der Waals surface area contributed by atoms with Gasteiger partial charge >= 0.3 is 0 Å². The van der Waals surface area contributed by atoms with Gasteiger partial charge in [0.05, 0.1) is 11.0 Å². The van der Waals surface area contributed by atoms with Crippen LogP contribution in [0.5, 0.6) is 0 Å². The van der Waals surface area contributed by atoms with Gasteiger partial charge in [0.1, 0.15) is 5.65 Å². The molecule has 2 heteroatoms. The molecule has 2 nitrogen and oxygen atoms in total. The Balaban J connectivity index is 2.15. The number of pyridine rings is 1. The van der Waals surface area contributed by atoms with Crippen LogP contribution in [0.25, 0.3) is 33.5 Å². The summed E-state index contributed by atoms with van der Waals surface area (Å²) in [5.41, 5.74) is 6.11. The summed E-state index contributed by atoms with van der Waals surface area (Å²) in [6.45, 7) is 0. The minimum absolute atomic E-state index is 1.07. The maximum absolute atomic E-state index is 4.89. The highest BCUT2D eigenvalue weighted by molar-refractivity contribution is 6.03. The van der Waals surface area contributed by atoms with Gasteiger partial charge in [-0.3, -0.25) is 4.40 Å². The van der Waals surface area contributed by atoms with Gasteiger partial charge in [-0.15, -0.1) is 0 Å². The first-order valence-corrected chi connectivity index (χ1v) is 7.41. The molecule has 4 aromatic rings. The van der Waals surface area contributed by atoms with Crippen molar-refractivity contribution >= 4 is 33.5 Å². The highest BCUT2D eigenvalue weighted by Gasteiger charge is 2.17. The van der Waals surface area contributed by atoms with Gasteiger partial charge in [-0.05, 0) is 30.4 Å². The van der Waals surface area contributed by atoms with Gasteiger partial charge < -0.3 is 0 Å². The van der Waals surface area contributed by atoms with E-state index in [9.17, 15) is 0 Å². The molecular weight excluding hydrogens is 256 g/mol. The number of aromatic nitrogens is 2. The van der Waals surface area contributed by atoms with Crippen LogP contribution in [0.2, 0.25) is 0 Å². The molecule has 0 saturated heterocycles. The second kappa shape index (κ2) is 3.95. The van der Waals surface area contributed by atoms with Gasteiger partial charge in [0, 0.05) is 16.6 Å². The number of benzene rings is 2. The molecule has 100 valence electrons. The topological polar surface area (TPSA) is 17.3 Å². The molecular formula is C19H14N2. The molecule has 21 heavy (non-hydrogen) atoms.